The summed E-state index contributed by atoms with van der Waals surface area (Å²) in [6.07, 6.45) is 4.10. The van der Waals surface area contributed by atoms with E-state index in [-0.39, 0.29) is 12.1 Å². The third-order valence-electron chi connectivity index (χ3n) is 3.09. The molecule has 0 saturated carbocycles. The predicted octanol–water partition coefficient (Wildman–Crippen LogP) is 0.846. The Morgan fingerprint density at radius 3 is 2.89 bits per heavy atom. The van der Waals surface area contributed by atoms with Crippen LogP contribution in [0, 0.1) is 11.3 Å². The van der Waals surface area contributed by atoms with E-state index in [1.54, 1.807) is 18.3 Å². The van der Waals surface area contributed by atoms with Crippen LogP contribution in [0.15, 0.2) is 23.1 Å². The number of rotatable bonds is 5. The molecular weight excluding hydrogens is 230 g/mol. The van der Waals surface area contributed by atoms with Crippen molar-refractivity contribution in [3.05, 3.63) is 28.7 Å². The molecule has 0 bridgehead atoms. The van der Waals surface area contributed by atoms with Crippen LogP contribution in [0.5, 0.6) is 5.75 Å². The van der Waals surface area contributed by atoms with Crippen molar-refractivity contribution in [2.45, 2.75) is 19.4 Å². The number of hydrogen-bond donors (Lipinski definition) is 0. The number of nitrogens with zero attached hydrogens (tertiary/aromatic N) is 3. The lowest BCUT2D eigenvalue weighted by Crippen LogP contribution is -2.27. The Bertz CT molecular complexity index is 484. The molecule has 2 heterocycles. The van der Waals surface area contributed by atoms with Crippen LogP contribution in [0.2, 0.25) is 0 Å². The standard InChI is InChI=1S/C13H17N3O2/c14-5-9-16-8-3-4-12(13(16)17)18-11-10-15-6-1-2-7-15/h3-4,8H,1-2,6-7,9-11H2. The number of ether oxygens (including phenoxy) is 1. The van der Waals surface area contributed by atoms with Crippen molar-refractivity contribution in [2.75, 3.05) is 26.2 Å². The summed E-state index contributed by atoms with van der Waals surface area (Å²) in [4.78, 5) is 14.2. The van der Waals surface area contributed by atoms with Crippen LogP contribution in [0.3, 0.4) is 0 Å². The Hall–Kier alpha value is -1.80. The molecule has 5 heteroatoms. The third kappa shape index (κ3) is 3.11. The molecule has 2 rings (SSSR count). The quantitative estimate of drug-likeness (QED) is 0.774. The van der Waals surface area contributed by atoms with Crippen LogP contribution < -0.4 is 10.3 Å². The van der Waals surface area contributed by atoms with Crippen LogP contribution in [0.25, 0.3) is 0 Å². The Morgan fingerprint density at radius 1 is 1.39 bits per heavy atom. The van der Waals surface area contributed by atoms with E-state index in [0.29, 0.717) is 12.4 Å². The number of likely N-dealkylation sites (tertiary alicyclic amines) is 1. The molecule has 1 aromatic heterocycles. The van der Waals surface area contributed by atoms with E-state index in [2.05, 4.69) is 4.90 Å². The van der Waals surface area contributed by atoms with Crippen LogP contribution in [0.1, 0.15) is 12.8 Å². The highest BCUT2D eigenvalue weighted by Gasteiger charge is 2.11. The number of hydrogen-bond acceptors (Lipinski definition) is 4. The topological polar surface area (TPSA) is 58.3 Å². The van der Waals surface area contributed by atoms with Crippen LogP contribution >= 0.6 is 0 Å². The first-order valence-corrected chi connectivity index (χ1v) is 6.23. The molecule has 0 amide bonds. The first-order chi connectivity index (χ1) is 8.81. The van der Waals surface area contributed by atoms with E-state index in [1.165, 1.54) is 17.4 Å². The summed E-state index contributed by atoms with van der Waals surface area (Å²) < 4.78 is 6.85. The maximum absolute atomic E-state index is 11.9. The zero-order valence-corrected chi connectivity index (χ0v) is 10.3. The Morgan fingerprint density at radius 2 is 2.17 bits per heavy atom. The lowest BCUT2D eigenvalue weighted by molar-refractivity contribution is 0.235. The van der Waals surface area contributed by atoms with Crippen molar-refractivity contribution < 1.29 is 4.74 Å². The van der Waals surface area contributed by atoms with Crippen molar-refractivity contribution in [1.82, 2.24) is 9.47 Å². The van der Waals surface area contributed by atoms with E-state index in [9.17, 15) is 4.79 Å². The largest absolute Gasteiger partial charge is 0.487 e. The molecule has 0 aliphatic carbocycles. The number of aromatic nitrogens is 1. The van der Waals surface area contributed by atoms with E-state index < -0.39 is 0 Å². The molecule has 0 N–H and O–H groups in total. The van der Waals surface area contributed by atoms with Crippen molar-refractivity contribution in [2.24, 2.45) is 0 Å². The van der Waals surface area contributed by atoms with E-state index in [4.69, 9.17) is 10.00 Å². The molecule has 96 valence electrons. The average Bonchev–Trinajstić information content (AvgIpc) is 2.87. The lowest BCUT2D eigenvalue weighted by Gasteiger charge is -2.14. The van der Waals surface area contributed by atoms with Gasteiger partial charge in [-0.25, -0.2) is 0 Å². The van der Waals surface area contributed by atoms with Gasteiger partial charge in [0.15, 0.2) is 5.75 Å². The smallest absolute Gasteiger partial charge is 0.293 e. The average molecular weight is 247 g/mol. The normalized spacial score (nSPS) is 15.5. The molecule has 0 spiro atoms. The minimum atomic E-state index is -0.236. The first-order valence-electron chi connectivity index (χ1n) is 6.23. The molecule has 1 fully saturated rings. The van der Waals surface area contributed by atoms with E-state index in [0.717, 1.165) is 19.6 Å². The summed E-state index contributed by atoms with van der Waals surface area (Å²) in [6.45, 7) is 3.67. The summed E-state index contributed by atoms with van der Waals surface area (Å²) in [6, 6.07) is 5.33. The van der Waals surface area contributed by atoms with E-state index in [1.807, 2.05) is 6.07 Å². The fourth-order valence-corrected chi connectivity index (χ4v) is 2.12. The van der Waals surface area contributed by atoms with Gasteiger partial charge in [-0.05, 0) is 38.1 Å². The highest BCUT2D eigenvalue weighted by molar-refractivity contribution is 5.17. The third-order valence-corrected chi connectivity index (χ3v) is 3.09. The summed E-state index contributed by atoms with van der Waals surface area (Å²) in [5.41, 5.74) is -0.236. The molecule has 0 radical (unpaired) electrons. The molecule has 18 heavy (non-hydrogen) atoms. The maximum atomic E-state index is 11.9. The van der Waals surface area contributed by atoms with Crippen LogP contribution in [0.4, 0.5) is 0 Å². The van der Waals surface area contributed by atoms with Crippen molar-refractivity contribution in [3.63, 3.8) is 0 Å². The molecule has 5 nitrogen and oxygen atoms in total. The summed E-state index contributed by atoms with van der Waals surface area (Å²) >= 11 is 0. The summed E-state index contributed by atoms with van der Waals surface area (Å²) in [5.74, 6) is 0.326. The zero-order chi connectivity index (χ0) is 12.8. The molecule has 1 aliphatic heterocycles. The van der Waals surface area contributed by atoms with Gasteiger partial charge in [0.2, 0.25) is 0 Å². The van der Waals surface area contributed by atoms with Crippen LogP contribution in [-0.4, -0.2) is 35.7 Å². The van der Waals surface area contributed by atoms with Gasteiger partial charge in [-0.2, -0.15) is 5.26 Å². The fraction of sp³-hybridized carbons (Fsp3) is 0.538. The second-order valence-electron chi connectivity index (χ2n) is 4.36. The van der Waals surface area contributed by atoms with Gasteiger partial charge in [-0.1, -0.05) is 0 Å². The van der Waals surface area contributed by atoms with Crippen LogP contribution in [-0.2, 0) is 6.54 Å². The zero-order valence-electron chi connectivity index (χ0n) is 10.3. The van der Waals surface area contributed by atoms with Gasteiger partial charge < -0.3 is 4.74 Å². The highest BCUT2D eigenvalue weighted by atomic mass is 16.5. The fourth-order valence-electron chi connectivity index (χ4n) is 2.12. The minimum Gasteiger partial charge on any atom is -0.487 e. The molecule has 0 unspecified atom stereocenters. The summed E-state index contributed by atoms with van der Waals surface area (Å²) in [7, 11) is 0. The molecule has 0 atom stereocenters. The highest BCUT2D eigenvalue weighted by Crippen LogP contribution is 2.07. The molecular formula is C13H17N3O2. The second-order valence-corrected chi connectivity index (χ2v) is 4.36. The number of pyridine rings is 1. The second kappa shape index (κ2) is 6.22. The Kier molecular flexibility index (Phi) is 4.37. The van der Waals surface area contributed by atoms with Gasteiger partial charge in [-0.15, -0.1) is 0 Å². The van der Waals surface area contributed by atoms with Gasteiger partial charge in [0.1, 0.15) is 13.2 Å². The van der Waals surface area contributed by atoms with Gasteiger partial charge in [0.05, 0.1) is 6.07 Å². The lowest BCUT2D eigenvalue weighted by atomic mass is 10.4. The predicted molar refractivity (Wildman–Crippen MR) is 67.5 cm³/mol. The van der Waals surface area contributed by atoms with Crippen molar-refractivity contribution in [3.8, 4) is 11.8 Å². The van der Waals surface area contributed by atoms with Gasteiger partial charge in [0, 0.05) is 12.7 Å². The van der Waals surface area contributed by atoms with Crippen molar-refractivity contribution in [1.29, 1.82) is 5.26 Å². The molecule has 1 aliphatic rings. The first kappa shape index (κ1) is 12.7. The Labute approximate surface area is 106 Å². The molecule has 0 aromatic carbocycles. The van der Waals surface area contributed by atoms with Gasteiger partial charge in [-0.3, -0.25) is 14.3 Å². The SMILES string of the molecule is N#CCn1cccc(OCCN2CCCC2)c1=O. The Balaban J connectivity index is 1.90. The summed E-state index contributed by atoms with van der Waals surface area (Å²) in [5, 5.41) is 8.60. The van der Waals surface area contributed by atoms with E-state index >= 15 is 0 Å². The minimum absolute atomic E-state index is 0.0577. The maximum Gasteiger partial charge on any atom is 0.293 e. The monoisotopic (exact) mass is 247 g/mol. The molecule has 1 saturated heterocycles. The number of nitriles is 1. The van der Waals surface area contributed by atoms with Gasteiger partial charge >= 0.3 is 0 Å². The van der Waals surface area contributed by atoms with Crippen molar-refractivity contribution >= 4 is 0 Å². The van der Waals surface area contributed by atoms with Gasteiger partial charge in [0.25, 0.3) is 5.56 Å². The molecule has 1 aromatic rings.